The first kappa shape index (κ1) is 25.2. The highest BCUT2D eigenvalue weighted by atomic mass is 16.2. The van der Waals surface area contributed by atoms with E-state index in [1.807, 2.05) is 77.7 Å². The minimum absolute atomic E-state index is 0.0579. The van der Waals surface area contributed by atoms with Crippen LogP contribution in [0.2, 0.25) is 0 Å². The minimum Gasteiger partial charge on any atom is -0.340 e. The van der Waals surface area contributed by atoms with Crippen LogP contribution in [0.3, 0.4) is 0 Å². The van der Waals surface area contributed by atoms with E-state index in [1.54, 1.807) is 12.5 Å². The molecule has 0 bridgehead atoms. The van der Waals surface area contributed by atoms with E-state index in [9.17, 15) is 4.79 Å². The molecule has 1 amide bonds. The van der Waals surface area contributed by atoms with Gasteiger partial charge in [-0.2, -0.15) is 0 Å². The topological polar surface area (TPSA) is 71.0 Å². The quantitative estimate of drug-likeness (QED) is 0.222. The summed E-state index contributed by atoms with van der Waals surface area (Å²) in [6.07, 6.45) is 4.22. The first-order chi connectivity index (χ1) is 19.7. The number of hydrogen-bond donors (Lipinski definition) is 1. The molecular formula is C34H29N5O. The highest BCUT2D eigenvalue weighted by molar-refractivity contribution is 5.96. The van der Waals surface area contributed by atoms with Gasteiger partial charge in [-0.25, -0.2) is 9.97 Å². The first-order valence-corrected chi connectivity index (χ1v) is 13.5. The predicted molar refractivity (Wildman–Crippen MR) is 161 cm³/mol. The number of carbonyl (C=O) groups is 1. The van der Waals surface area contributed by atoms with Crippen LogP contribution in [-0.2, 0) is 6.54 Å². The summed E-state index contributed by atoms with van der Waals surface area (Å²) >= 11 is 0. The lowest BCUT2D eigenvalue weighted by molar-refractivity contribution is 0.0737. The van der Waals surface area contributed by atoms with Gasteiger partial charge in [0, 0.05) is 35.7 Å². The molecule has 0 aliphatic carbocycles. The van der Waals surface area contributed by atoms with Crippen LogP contribution in [0.25, 0.3) is 32.8 Å². The Labute approximate surface area is 233 Å². The summed E-state index contributed by atoms with van der Waals surface area (Å²) in [7, 11) is 0. The molecule has 1 N–H and O–H groups in total. The summed E-state index contributed by atoms with van der Waals surface area (Å²) in [5.74, 6) is 0.703. The van der Waals surface area contributed by atoms with Gasteiger partial charge >= 0.3 is 0 Å². The van der Waals surface area contributed by atoms with Crippen LogP contribution in [0.1, 0.15) is 29.4 Å². The SMILES string of the molecule is CCCN(Cc1cccc(-c2ccc3ncnc(Nc4ccccc4)c3c2)c1)C(=O)c1cc2ccccc2cn1. The van der Waals surface area contributed by atoms with E-state index in [1.165, 1.54) is 0 Å². The van der Waals surface area contributed by atoms with Crippen molar-refractivity contribution in [1.82, 2.24) is 19.9 Å². The maximum atomic E-state index is 13.5. The van der Waals surface area contributed by atoms with Crippen molar-refractivity contribution in [2.45, 2.75) is 19.9 Å². The molecule has 0 saturated heterocycles. The molecule has 196 valence electrons. The van der Waals surface area contributed by atoms with Crippen molar-refractivity contribution in [1.29, 1.82) is 0 Å². The lowest BCUT2D eigenvalue weighted by Gasteiger charge is -2.22. The van der Waals surface area contributed by atoms with E-state index < -0.39 is 0 Å². The molecule has 0 fully saturated rings. The van der Waals surface area contributed by atoms with Gasteiger partial charge < -0.3 is 10.2 Å². The second kappa shape index (κ2) is 11.3. The Hall–Kier alpha value is -5.10. The maximum absolute atomic E-state index is 13.5. The molecule has 2 heterocycles. The lowest BCUT2D eigenvalue weighted by atomic mass is 10.0. The van der Waals surface area contributed by atoms with Gasteiger partial charge in [-0.05, 0) is 64.9 Å². The first-order valence-electron chi connectivity index (χ1n) is 13.5. The zero-order valence-electron chi connectivity index (χ0n) is 22.3. The normalized spacial score (nSPS) is 11.0. The number of nitrogens with zero attached hydrogens (tertiary/aromatic N) is 4. The number of anilines is 2. The van der Waals surface area contributed by atoms with Crippen molar-refractivity contribution in [3.63, 3.8) is 0 Å². The molecule has 0 spiro atoms. The van der Waals surface area contributed by atoms with Crippen molar-refractivity contribution in [2.75, 3.05) is 11.9 Å². The van der Waals surface area contributed by atoms with Crippen molar-refractivity contribution < 1.29 is 4.79 Å². The van der Waals surface area contributed by atoms with Crippen molar-refractivity contribution in [3.05, 3.63) is 127 Å². The number of benzene rings is 4. The number of rotatable bonds is 8. The molecule has 6 rings (SSSR count). The van der Waals surface area contributed by atoms with E-state index >= 15 is 0 Å². The number of pyridine rings is 1. The summed E-state index contributed by atoms with van der Waals surface area (Å²) in [5.41, 5.74) is 5.50. The number of nitrogens with one attached hydrogen (secondary N) is 1. The van der Waals surface area contributed by atoms with Crippen LogP contribution in [0.4, 0.5) is 11.5 Å². The number of para-hydroxylation sites is 1. The second-order valence-corrected chi connectivity index (χ2v) is 9.79. The Balaban J connectivity index is 1.28. The molecule has 6 nitrogen and oxygen atoms in total. The third-order valence-corrected chi connectivity index (χ3v) is 6.94. The van der Waals surface area contributed by atoms with Gasteiger partial charge in [0.15, 0.2) is 0 Å². The molecule has 6 heteroatoms. The van der Waals surface area contributed by atoms with Gasteiger partial charge in [-0.1, -0.05) is 73.7 Å². The fraction of sp³-hybridized carbons (Fsp3) is 0.118. The Morgan fingerprint density at radius 1 is 0.775 bits per heavy atom. The van der Waals surface area contributed by atoms with Crippen LogP contribution in [0, 0.1) is 0 Å². The molecule has 40 heavy (non-hydrogen) atoms. The van der Waals surface area contributed by atoms with Crippen molar-refractivity contribution in [3.8, 4) is 11.1 Å². The molecule has 6 aromatic rings. The Morgan fingerprint density at radius 3 is 2.42 bits per heavy atom. The number of amides is 1. The van der Waals surface area contributed by atoms with Crippen LogP contribution >= 0.6 is 0 Å². The van der Waals surface area contributed by atoms with E-state index in [-0.39, 0.29) is 5.91 Å². The number of carbonyl (C=O) groups excluding carboxylic acids is 1. The third-order valence-electron chi connectivity index (χ3n) is 6.94. The van der Waals surface area contributed by atoms with Crippen molar-refractivity contribution in [2.24, 2.45) is 0 Å². The smallest absolute Gasteiger partial charge is 0.272 e. The molecule has 0 radical (unpaired) electrons. The standard InChI is InChI=1S/C34H29N5O/c1-2-17-39(34(40)32-20-26-10-6-7-11-28(26)21-35-32)22-24-9-8-12-25(18-24)27-15-16-31-30(19-27)33(37-23-36-31)38-29-13-4-3-5-14-29/h3-16,18-21,23H,2,17,22H2,1H3,(H,36,37,38). The fourth-order valence-electron chi connectivity index (χ4n) is 4.95. The molecular weight excluding hydrogens is 494 g/mol. The third kappa shape index (κ3) is 5.38. The molecule has 4 aromatic carbocycles. The fourth-order valence-corrected chi connectivity index (χ4v) is 4.95. The van der Waals surface area contributed by atoms with E-state index in [2.05, 4.69) is 57.5 Å². The van der Waals surface area contributed by atoms with Gasteiger partial charge in [-0.15, -0.1) is 0 Å². The van der Waals surface area contributed by atoms with Gasteiger partial charge in [0.2, 0.25) is 0 Å². The molecule has 0 aliphatic heterocycles. The van der Waals surface area contributed by atoms with Crippen LogP contribution < -0.4 is 5.32 Å². The summed E-state index contributed by atoms with van der Waals surface area (Å²) in [5, 5.41) is 6.40. The Kier molecular flexibility index (Phi) is 7.14. The molecule has 0 atom stereocenters. The highest BCUT2D eigenvalue weighted by Gasteiger charge is 2.18. The average molecular weight is 524 g/mol. The predicted octanol–water partition coefficient (Wildman–Crippen LogP) is 7.64. The minimum atomic E-state index is -0.0579. The van der Waals surface area contributed by atoms with E-state index in [4.69, 9.17) is 0 Å². The van der Waals surface area contributed by atoms with Gasteiger partial charge in [-0.3, -0.25) is 9.78 Å². The van der Waals surface area contributed by atoms with Gasteiger partial charge in [0.25, 0.3) is 5.91 Å². The molecule has 0 unspecified atom stereocenters. The molecule has 0 aliphatic rings. The summed E-state index contributed by atoms with van der Waals surface area (Å²) in [4.78, 5) is 28.8. The molecule has 0 saturated carbocycles. The van der Waals surface area contributed by atoms with Crippen LogP contribution in [0.15, 0.2) is 116 Å². The van der Waals surface area contributed by atoms with Gasteiger partial charge in [0.05, 0.1) is 5.52 Å². The van der Waals surface area contributed by atoms with Crippen molar-refractivity contribution >= 4 is 39.1 Å². The average Bonchev–Trinajstić information content (AvgIpc) is 3.01. The summed E-state index contributed by atoms with van der Waals surface area (Å²) in [6.45, 7) is 3.24. The largest absolute Gasteiger partial charge is 0.340 e. The zero-order chi connectivity index (χ0) is 27.3. The number of fused-ring (bicyclic) bond motifs is 2. The number of aromatic nitrogens is 3. The Morgan fingerprint density at radius 2 is 1.57 bits per heavy atom. The van der Waals surface area contributed by atoms with E-state index in [0.29, 0.717) is 18.8 Å². The number of hydrogen-bond acceptors (Lipinski definition) is 5. The van der Waals surface area contributed by atoms with Crippen LogP contribution in [0.5, 0.6) is 0 Å². The zero-order valence-corrected chi connectivity index (χ0v) is 22.3. The summed E-state index contributed by atoms with van der Waals surface area (Å²) < 4.78 is 0. The second-order valence-electron chi connectivity index (χ2n) is 9.79. The van der Waals surface area contributed by atoms with E-state index in [0.717, 1.165) is 56.3 Å². The van der Waals surface area contributed by atoms with Crippen LogP contribution in [-0.4, -0.2) is 32.3 Å². The molecule has 2 aromatic heterocycles. The maximum Gasteiger partial charge on any atom is 0.272 e. The Bertz CT molecular complexity index is 1800. The highest BCUT2D eigenvalue weighted by Crippen LogP contribution is 2.29. The lowest BCUT2D eigenvalue weighted by Crippen LogP contribution is -2.31. The summed E-state index contributed by atoms with van der Waals surface area (Å²) in [6, 6.07) is 34.4. The monoisotopic (exact) mass is 523 g/mol. The van der Waals surface area contributed by atoms with Gasteiger partial charge in [0.1, 0.15) is 17.8 Å².